The van der Waals surface area contributed by atoms with Crippen LogP contribution in [0.3, 0.4) is 0 Å². The van der Waals surface area contributed by atoms with E-state index < -0.39 is 5.91 Å². The summed E-state index contributed by atoms with van der Waals surface area (Å²) in [4.78, 5) is 13.4. The lowest BCUT2D eigenvalue weighted by atomic mass is 10.1. The highest BCUT2D eigenvalue weighted by molar-refractivity contribution is 7.10. The molecule has 5 nitrogen and oxygen atoms in total. The number of amides is 1. The molecule has 2 aromatic rings. The minimum absolute atomic E-state index is 0.402. The Kier molecular flexibility index (Phi) is 4.19. The number of primary amides is 1. The van der Waals surface area contributed by atoms with Gasteiger partial charge in [-0.15, -0.1) is 5.10 Å². The molecule has 1 aromatic heterocycles. The molecule has 2 N–H and O–H groups in total. The highest BCUT2D eigenvalue weighted by Gasteiger charge is 2.30. The molecule has 7 heteroatoms. The molecule has 0 spiro atoms. The van der Waals surface area contributed by atoms with Crippen LogP contribution >= 0.6 is 23.1 Å². The monoisotopic (exact) mass is 322 g/mol. The summed E-state index contributed by atoms with van der Waals surface area (Å²) in [6.45, 7) is 1.51. The molecule has 0 unspecified atom stereocenters. The number of nitrogens with two attached hydrogens (primary N) is 1. The Bertz CT molecular complexity index is 639. The van der Waals surface area contributed by atoms with Crippen molar-refractivity contribution in [3.63, 3.8) is 0 Å². The van der Waals surface area contributed by atoms with Gasteiger partial charge in [0.15, 0.2) is 0 Å². The van der Waals surface area contributed by atoms with Gasteiger partial charge in [0.1, 0.15) is 10.0 Å². The summed E-state index contributed by atoms with van der Waals surface area (Å²) in [6.07, 6.45) is 2.41. The molecule has 1 aliphatic carbocycles. The SMILES string of the molecule is NC(=O)c1ccc(CN(Cc2nnsc2Cl)C2CC2)cc1. The Morgan fingerprint density at radius 2 is 2.05 bits per heavy atom. The van der Waals surface area contributed by atoms with E-state index in [1.165, 1.54) is 24.4 Å². The molecule has 1 saturated carbocycles. The van der Waals surface area contributed by atoms with Gasteiger partial charge in [-0.1, -0.05) is 28.2 Å². The Balaban J connectivity index is 1.70. The zero-order chi connectivity index (χ0) is 14.8. The van der Waals surface area contributed by atoms with Crippen LogP contribution in [0.15, 0.2) is 24.3 Å². The maximum Gasteiger partial charge on any atom is 0.248 e. The van der Waals surface area contributed by atoms with Gasteiger partial charge in [0.25, 0.3) is 0 Å². The maximum absolute atomic E-state index is 11.1. The largest absolute Gasteiger partial charge is 0.366 e. The molecular formula is C14H15ClN4OS. The van der Waals surface area contributed by atoms with Crippen LogP contribution in [0, 0.1) is 0 Å². The minimum atomic E-state index is -0.402. The first-order valence-electron chi connectivity index (χ1n) is 6.73. The molecule has 1 aliphatic rings. The second-order valence-corrected chi connectivity index (χ2v) is 6.55. The Hall–Kier alpha value is -1.50. The fraction of sp³-hybridized carbons (Fsp3) is 0.357. The van der Waals surface area contributed by atoms with Crippen molar-refractivity contribution in [2.75, 3.05) is 0 Å². The van der Waals surface area contributed by atoms with E-state index >= 15 is 0 Å². The van der Waals surface area contributed by atoms with Crippen LogP contribution < -0.4 is 5.73 Å². The van der Waals surface area contributed by atoms with Crippen LogP contribution in [0.5, 0.6) is 0 Å². The molecule has 0 aliphatic heterocycles. The Labute approximate surface area is 131 Å². The van der Waals surface area contributed by atoms with Crippen molar-refractivity contribution in [1.29, 1.82) is 0 Å². The predicted octanol–water partition coefficient (Wildman–Crippen LogP) is 2.46. The minimum Gasteiger partial charge on any atom is -0.366 e. The molecule has 1 aromatic carbocycles. The van der Waals surface area contributed by atoms with Gasteiger partial charge in [-0.3, -0.25) is 9.69 Å². The summed E-state index contributed by atoms with van der Waals surface area (Å²) in [5.41, 5.74) is 7.76. The van der Waals surface area contributed by atoms with Crippen molar-refractivity contribution in [3.05, 3.63) is 45.4 Å². The van der Waals surface area contributed by atoms with Gasteiger partial charge in [0.2, 0.25) is 5.91 Å². The first kappa shape index (κ1) is 14.4. The standard InChI is InChI=1S/C14H15ClN4OS/c15-13-12(17-18-21-13)8-19(11-5-6-11)7-9-1-3-10(4-2-9)14(16)20/h1-4,11H,5-8H2,(H2,16,20). The zero-order valence-corrected chi connectivity index (χ0v) is 12.9. The molecule has 1 heterocycles. The number of nitrogens with zero attached hydrogens (tertiary/aromatic N) is 3. The number of hydrogen-bond donors (Lipinski definition) is 1. The summed E-state index contributed by atoms with van der Waals surface area (Å²) >= 11 is 7.30. The van der Waals surface area contributed by atoms with Gasteiger partial charge in [-0.2, -0.15) is 0 Å². The van der Waals surface area contributed by atoms with E-state index in [2.05, 4.69) is 14.5 Å². The molecule has 1 fully saturated rings. The molecule has 110 valence electrons. The maximum atomic E-state index is 11.1. The van der Waals surface area contributed by atoms with Crippen LogP contribution in [0.2, 0.25) is 4.34 Å². The summed E-state index contributed by atoms with van der Waals surface area (Å²) in [7, 11) is 0. The van der Waals surface area contributed by atoms with Crippen molar-refractivity contribution in [2.45, 2.75) is 32.0 Å². The van der Waals surface area contributed by atoms with Gasteiger partial charge in [-0.25, -0.2) is 0 Å². The van der Waals surface area contributed by atoms with Crippen LogP contribution in [0.1, 0.15) is 34.5 Å². The average Bonchev–Trinajstić information content (AvgIpc) is 3.24. The van der Waals surface area contributed by atoms with Gasteiger partial charge in [-0.05, 0) is 30.5 Å². The first-order valence-corrected chi connectivity index (χ1v) is 7.88. The third-order valence-corrected chi connectivity index (χ3v) is 4.53. The summed E-state index contributed by atoms with van der Waals surface area (Å²) in [5, 5.41) is 4.08. The number of halogens is 1. The molecule has 1 amide bonds. The molecule has 0 atom stereocenters. The normalized spacial score (nSPS) is 14.6. The van der Waals surface area contributed by atoms with Gasteiger partial charge in [0.05, 0.1) is 0 Å². The van der Waals surface area contributed by atoms with Crippen LogP contribution in [-0.4, -0.2) is 26.4 Å². The lowest BCUT2D eigenvalue weighted by molar-refractivity contribution is 0.100. The number of hydrogen-bond acceptors (Lipinski definition) is 5. The highest BCUT2D eigenvalue weighted by atomic mass is 35.5. The topological polar surface area (TPSA) is 72.1 Å². The van der Waals surface area contributed by atoms with E-state index in [4.69, 9.17) is 17.3 Å². The smallest absolute Gasteiger partial charge is 0.248 e. The Morgan fingerprint density at radius 1 is 1.33 bits per heavy atom. The molecular weight excluding hydrogens is 308 g/mol. The number of carbonyl (C=O) groups excluding carboxylic acids is 1. The Morgan fingerprint density at radius 3 is 2.57 bits per heavy atom. The molecule has 3 rings (SSSR count). The van der Waals surface area contributed by atoms with E-state index in [0.717, 1.165) is 17.8 Å². The fourth-order valence-electron chi connectivity index (χ4n) is 2.25. The number of rotatable bonds is 6. The van der Waals surface area contributed by atoms with Crippen molar-refractivity contribution in [1.82, 2.24) is 14.5 Å². The van der Waals surface area contributed by atoms with E-state index in [1.54, 1.807) is 12.1 Å². The summed E-state index contributed by atoms with van der Waals surface area (Å²) in [5.74, 6) is -0.402. The predicted molar refractivity (Wildman–Crippen MR) is 82.1 cm³/mol. The van der Waals surface area contributed by atoms with Crippen molar-refractivity contribution >= 4 is 29.0 Å². The van der Waals surface area contributed by atoms with Crippen molar-refractivity contribution in [3.8, 4) is 0 Å². The molecule has 21 heavy (non-hydrogen) atoms. The van der Waals surface area contributed by atoms with E-state index in [-0.39, 0.29) is 0 Å². The molecule has 0 saturated heterocycles. The van der Waals surface area contributed by atoms with Crippen LogP contribution in [-0.2, 0) is 13.1 Å². The lowest BCUT2D eigenvalue weighted by Gasteiger charge is -2.21. The van der Waals surface area contributed by atoms with Crippen LogP contribution in [0.25, 0.3) is 0 Å². The zero-order valence-electron chi connectivity index (χ0n) is 11.3. The summed E-state index contributed by atoms with van der Waals surface area (Å²) < 4.78 is 4.53. The number of aromatic nitrogens is 2. The average molecular weight is 323 g/mol. The molecule has 0 bridgehead atoms. The second kappa shape index (κ2) is 6.09. The summed E-state index contributed by atoms with van der Waals surface area (Å²) in [6, 6.07) is 7.99. The van der Waals surface area contributed by atoms with Gasteiger partial charge in [0, 0.05) is 36.2 Å². The lowest BCUT2D eigenvalue weighted by Crippen LogP contribution is -2.25. The van der Waals surface area contributed by atoms with E-state index in [0.29, 0.717) is 22.5 Å². The van der Waals surface area contributed by atoms with Crippen molar-refractivity contribution < 1.29 is 4.79 Å². The number of benzene rings is 1. The fourth-order valence-corrected chi connectivity index (χ4v) is 2.86. The highest BCUT2D eigenvalue weighted by Crippen LogP contribution is 2.31. The van der Waals surface area contributed by atoms with E-state index in [9.17, 15) is 4.79 Å². The first-order chi connectivity index (χ1) is 10.1. The third-order valence-electron chi connectivity index (χ3n) is 3.55. The van der Waals surface area contributed by atoms with E-state index in [1.807, 2.05) is 12.1 Å². The van der Waals surface area contributed by atoms with Crippen LogP contribution in [0.4, 0.5) is 0 Å². The quantitative estimate of drug-likeness (QED) is 0.886. The third kappa shape index (κ3) is 3.58. The van der Waals surface area contributed by atoms with Gasteiger partial charge >= 0.3 is 0 Å². The second-order valence-electron chi connectivity index (χ2n) is 5.19. The molecule has 0 radical (unpaired) electrons. The number of carbonyl (C=O) groups is 1. The van der Waals surface area contributed by atoms with Crippen molar-refractivity contribution in [2.24, 2.45) is 5.73 Å². The van der Waals surface area contributed by atoms with Gasteiger partial charge < -0.3 is 5.73 Å².